The van der Waals surface area contributed by atoms with Crippen molar-refractivity contribution in [3.63, 3.8) is 0 Å². The van der Waals surface area contributed by atoms with Crippen molar-refractivity contribution in [1.82, 2.24) is 0 Å². The van der Waals surface area contributed by atoms with E-state index in [1.807, 2.05) is 0 Å². The average Bonchev–Trinajstić information content (AvgIpc) is 2.33. The molecule has 1 fully saturated rings. The molecule has 4 nitrogen and oxygen atoms in total. The molecule has 1 aliphatic carbocycles. The maximum Gasteiger partial charge on any atom is 0.338 e. The van der Waals surface area contributed by atoms with Crippen LogP contribution in [-0.4, -0.2) is 21.0 Å². The standard InChI is InChI=1S/C14H16ClFO4S/c1-9-12(7-11(16)8-13(9)21(15,18)19)14(17)20-6-5-10-3-2-4-10/h7-8,10H,2-6H2,1H3. The molecule has 1 aromatic carbocycles. The SMILES string of the molecule is Cc1c(C(=O)OCCC2CCC2)cc(F)cc1S(=O)(=O)Cl. The van der Waals surface area contributed by atoms with Gasteiger partial charge < -0.3 is 4.74 Å². The molecule has 0 aliphatic heterocycles. The number of hydrogen-bond donors (Lipinski definition) is 0. The molecule has 0 unspecified atom stereocenters. The predicted octanol–water partition coefficient (Wildman–Crippen LogP) is 3.41. The maximum absolute atomic E-state index is 13.5. The minimum absolute atomic E-state index is 0.0973. The number of carbonyl (C=O) groups is 1. The van der Waals surface area contributed by atoms with Gasteiger partial charge in [0.1, 0.15) is 5.82 Å². The van der Waals surface area contributed by atoms with Gasteiger partial charge in [-0.05, 0) is 37.0 Å². The predicted molar refractivity (Wildman–Crippen MR) is 76.4 cm³/mol. The largest absolute Gasteiger partial charge is 0.462 e. The highest BCUT2D eigenvalue weighted by Gasteiger charge is 2.23. The highest BCUT2D eigenvalue weighted by molar-refractivity contribution is 8.13. The molecule has 1 aromatic rings. The van der Waals surface area contributed by atoms with Crippen molar-refractivity contribution in [2.75, 3.05) is 6.61 Å². The molecular formula is C14H16ClFO4S. The third kappa shape index (κ3) is 3.95. The van der Waals surface area contributed by atoms with E-state index < -0.39 is 25.7 Å². The molecule has 21 heavy (non-hydrogen) atoms. The summed E-state index contributed by atoms with van der Waals surface area (Å²) in [4.78, 5) is 11.6. The topological polar surface area (TPSA) is 60.4 Å². The zero-order valence-electron chi connectivity index (χ0n) is 11.6. The van der Waals surface area contributed by atoms with Gasteiger partial charge in [-0.3, -0.25) is 0 Å². The molecule has 0 heterocycles. The van der Waals surface area contributed by atoms with Gasteiger partial charge in [0.25, 0.3) is 9.05 Å². The lowest BCUT2D eigenvalue weighted by atomic mass is 9.83. The van der Waals surface area contributed by atoms with Crippen LogP contribution < -0.4 is 0 Å². The van der Waals surface area contributed by atoms with Gasteiger partial charge in [-0.2, -0.15) is 0 Å². The number of carbonyl (C=O) groups excluding carboxylic acids is 1. The van der Waals surface area contributed by atoms with E-state index in [0.717, 1.165) is 31.4 Å². The molecule has 0 amide bonds. The van der Waals surface area contributed by atoms with Crippen molar-refractivity contribution in [1.29, 1.82) is 0 Å². The molecule has 7 heteroatoms. The third-order valence-electron chi connectivity index (χ3n) is 3.79. The van der Waals surface area contributed by atoms with E-state index in [1.54, 1.807) is 0 Å². The second-order valence-corrected chi connectivity index (χ2v) is 7.77. The van der Waals surface area contributed by atoms with Gasteiger partial charge in [-0.25, -0.2) is 17.6 Å². The zero-order chi connectivity index (χ0) is 15.6. The summed E-state index contributed by atoms with van der Waals surface area (Å²) in [5.74, 6) is -0.983. The summed E-state index contributed by atoms with van der Waals surface area (Å²) >= 11 is 0. The summed E-state index contributed by atoms with van der Waals surface area (Å²) in [5, 5.41) is 0. The fourth-order valence-corrected chi connectivity index (χ4v) is 3.51. The summed E-state index contributed by atoms with van der Waals surface area (Å²) < 4.78 is 41.3. The van der Waals surface area contributed by atoms with E-state index in [9.17, 15) is 17.6 Å². The second kappa shape index (κ2) is 6.32. The van der Waals surface area contributed by atoms with E-state index in [-0.39, 0.29) is 17.7 Å². The summed E-state index contributed by atoms with van der Waals surface area (Å²) in [6.45, 7) is 1.65. The first-order valence-electron chi connectivity index (χ1n) is 6.71. The third-order valence-corrected chi connectivity index (χ3v) is 5.24. The Hall–Kier alpha value is -1.14. The van der Waals surface area contributed by atoms with Gasteiger partial charge in [0.2, 0.25) is 0 Å². The molecule has 0 spiro atoms. The fourth-order valence-electron chi connectivity index (χ4n) is 2.30. The van der Waals surface area contributed by atoms with Crippen LogP contribution in [0.5, 0.6) is 0 Å². The van der Waals surface area contributed by atoms with Crippen LogP contribution in [0.25, 0.3) is 0 Å². The van der Waals surface area contributed by atoms with Crippen LogP contribution in [0.3, 0.4) is 0 Å². The van der Waals surface area contributed by atoms with E-state index in [0.29, 0.717) is 5.92 Å². The lowest BCUT2D eigenvalue weighted by molar-refractivity contribution is 0.0462. The van der Waals surface area contributed by atoms with Gasteiger partial charge in [0.05, 0.1) is 17.1 Å². The van der Waals surface area contributed by atoms with Crippen LogP contribution in [-0.2, 0) is 13.8 Å². The molecule has 1 saturated carbocycles. The minimum Gasteiger partial charge on any atom is -0.462 e. The van der Waals surface area contributed by atoms with Crippen molar-refractivity contribution < 1.29 is 22.3 Å². The van der Waals surface area contributed by atoms with Crippen LogP contribution in [0.2, 0.25) is 0 Å². The Morgan fingerprint density at radius 2 is 2.10 bits per heavy atom. The minimum atomic E-state index is -4.12. The van der Waals surface area contributed by atoms with Crippen LogP contribution in [0, 0.1) is 18.7 Å². The van der Waals surface area contributed by atoms with Crippen molar-refractivity contribution >= 4 is 25.7 Å². The first-order valence-corrected chi connectivity index (χ1v) is 9.02. The average molecular weight is 335 g/mol. The fraction of sp³-hybridized carbons (Fsp3) is 0.500. The summed E-state index contributed by atoms with van der Waals surface area (Å²) in [6, 6.07) is 1.76. The van der Waals surface area contributed by atoms with Crippen LogP contribution in [0.1, 0.15) is 41.6 Å². The van der Waals surface area contributed by atoms with Crippen LogP contribution in [0.15, 0.2) is 17.0 Å². The van der Waals surface area contributed by atoms with Crippen molar-refractivity contribution in [3.05, 3.63) is 29.1 Å². The second-order valence-electron chi connectivity index (χ2n) is 5.24. The molecule has 2 rings (SSSR count). The Morgan fingerprint density at radius 3 is 2.62 bits per heavy atom. The zero-order valence-corrected chi connectivity index (χ0v) is 13.1. The number of benzene rings is 1. The lowest BCUT2D eigenvalue weighted by Gasteiger charge is -2.24. The van der Waals surface area contributed by atoms with Crippen molar-refractivity contribution in [2.45, 2.75) is 37.5 Å². The van der Waals surface area contributed by atoms with E-state index in [2.05, 4.69) is 0 Å². The first kappa shape index (κ1) is 16.2. The first-order chi connectivity index (χ1) is 9.79. The van der Waals surface area contributed by atoms with Gasteiger partial charge >= 0.3 is 5.97 Å². The molecular weight excluding hydrogens is 319 g/mol. The number of esters is 1. The Morgan fingerprint density at radius 1 is 1.43 bits per heavy atom. The molecule has 0 aromatic heterocycles. The maximum atomic E-state index is 13.5. The lowest BCUT2D eigenvalue weighted by Crippen LogP contribution is -2.16. The molecule has 0 N–H and O–H groups in total. The van der Waals surface area contributed by atoms with Gasteiger partial charge in [-0.1, -0.05) is 19.3 Å². The molecule has 0 atom stereocenters. The Bertz CT molecular complexity index is 653. The number of rotatable bonds is 5. The molecule has 116 valence electrons. The Balaban J connectivity index is 2.14. The quantitative estimate of drug-likeness (QED) is 0.611. The summed E-state index contributed by atoms with van der Waals surface area (Å²) in [5.41, 5.74) is -0.0112. The van der Waals surface area contributed by atoms with E-state index in [4.69, 9.17) is 15.4 Å². The molecule has 0 saturated heterocycles. The van der Waals surface area contributed by atoms with Gasteiger partial charge in [-0.15, -0.1) is 0 Å². The normalized spacial score (nSPS) is 15.6. The summed E-state index contributed by atoms with van der Waals surface area (Å²) in [6.07, 6.45) is 4.27. The highest BCUT2D eigenvalue weighted by atomic mass is 35.7. The van der Waals surface area contributed by atoms with Crippen LogP contribution >= 0.6 is 10.7 Å². The molecule has 0 bridgehead atoms. The number of halogens is 2. The highest BCUT2D eigenvalue weighted by Crippen LogP contribution is 2.29. The Kier molecular flexibility index (Phi) is 4.88. The van der Waals surface area contributed by atoms with Crippen LogP contribution in [0.4, 0.5) is 4.39 Å². The number of ether oxygens (including phenoxy) is 1. The smallest absolute Gasteiger partial charge is 0.338 e. The number of hydrogen-bond acceptors (Lipinski definition) is 4. The van der Waals surface area contributed by atoms with Crippen molar-refractivity contribution in [2.24, 2.45) is 5.92 Å². The Labute approximate surface area is 127 Å². The monoisotopic (exact) mass is 334 g/mol. The molecule has 0 radical (unpaired) electrons. The van der Waals surface area contributed by atoms with Gasteiger partial charge in [0, 0.05) is 10.7 Å². The molecule has 1 aliphatic rings. The summed E-state index contributed by atoms with van der Waals surface area (Å²) in [7, 11) is 1.12. The van der Waals surface area contributed by atoms with E-state index in [1.165, 1.54) is 13.3 Å². The van der Waals surface area contributed by atoms with Gasteiger partial charge in [0.15, 0.2) is 0 Å². The van der Waals surface area contributed by atoms with Crippen molar-refractivity contribution in [3.8, 4) is 0 Å². The van der Waals surface area contributed by atoms with E-state index >= 15 is 0 Å².